The van der Waals surface area contributed by atoms with E-state index in [4.69, 9.17) is 19.6 Å². The molecule has 0 aliphatic rings. The van der Waals surface area contributed by atoms with E-state index in [1.165, 1.54) is 13.2 Å². The molecule has 0 fully saturated rings. The highest BCUT2D eigenvalue weighted by Crippen LogP contribution is 2.34. The molecule has 0 spiro atoms. The topological polar surface area (TPSA) is 121 Å². The van der Waals surface area contributed by atoms with Crippen LogP contribution in [0.2, 0.25) is 0 Å². The zero-order chi connectivity index (χ0) is 21.8. The molecule has 2 aromatic heterocycles. The molecular formula is C20H17BrN2O6S. The Morgan fingerprint density at radius 3 is 2.60 bits per heavy atom. The summed E-state index contributed by atoms with van der Waals surface area (Å²) in [7, 11) is 1.21. The van der Waals surface area contributed by atoms with Gasteiger partial charge in [0.05, 0.1) is 22.0 Å². The molecule has 0 saturated carbocycles. The molecule has 1 aromatic carbocycles. The molecule has 10 heteroatoms. The van der Waals surface area contributed by atoms with E-state index < -0.39 is 17.8 Å². The number of nitrogens with one attached hydrogen (secondary N) is 1. The van der Waals surface area contributed by atoms with Gasteiger partial charge in [0, 0.05) is 0 Å². The highest BCUT2D eigenvalue weighted by Gasteiger charge is 2.26. The molecule has 0 atom stereocenters. The predicted molar refractivity (Wildman–Crippen MR) is 114 cm³/mol. The average molecular weight is 493 g/mol. The van der Waals surface area contributed by atoms with E-state index in [9.17, 15) is 14.4 Å². The third-order valence-corrected chi connectivity index (χ3v) is 5.96. The van der Waals surface area contributed by atoms with Crippen molar-refractivity contribution in [3.63, 3.8) is 0 Å². The zero-order valence-corrected chi connectivity index (χ0v) is 18.4. The third kappa shape index (κ3) is 4.55. The lowest BCUT2D eigenvalue weighted by atomic mass is 10.1. The van der Waals surface area contributed by atoms with Gasteiger partial charge in [-0.1, -0.05) is 12.1 Å². The van der Waals surface area contributed by atoms with Crippen LogP contribution in [0.1, 0.15) is 41.9 Å². The monoisotopic (exact) mass is 492 g/mol. The number of furan rings is 1. The number of methoxy groups -OCH3 is 1. The minimum absolute atomic E-state index is 0.0169. The van der Waals surface area contributed by atoms with Gasteiger partial charge in [0.2, 0.25) is 0 Å². The first-order valence-electron chi connectivity index (χ1n) is 8.60. The van der Waals surface area contributed by atoms with Crippen LogP contribution in [0.4, 0.5) is 5.00 Å². The Hall–Kier alpha value is -3.11. The summed E-state index contributed by atoms with van der Waals surface area (Å²) >= 11 is 4.29. The Kier molecular flexibility index (Phi) is 6.58. The summed E-state index contributed by atoms with van der Waals surface area (Å²) in [4.78, 5) is 36.5. The van der Waals surface area contributed by atoms with Crippen molar-refractivity contribution < 1.29 is 28.3 Å². The van der Waals surface area contributed by atoms with Crippen LogP contribution >= 0.6 is 27.3 Å². The number of hydrogen-bond acceptors (Lipinski definition) is 7. The number of hydrogen-bond donors (Lipinski definition) is 2. The highest BCUT2D eigenvalue weighted by molar-refractivity contribution is 9.10. The molecule has 0 unspecified atom stereocenters. The van der Waals surface area contributed by atoms with Gasteiger partial charge in [0.15, 0.2) is 5.76 Å². The van der Waals surface area contributed by atoms with Gasteiger partial charge in [0.1, 0.15) is 23.1 Å². The van der Waals surface area contributed by atoms with Crippen molar-refractivity contribution in [2.45, 2.75) is 13.5 Å². The van der Waals surface area contributed by atoms with Crippen molar-refractivity contribution in [1.82, 2.24) is 0 Å². The molecule has 0 aliphatic carbocycles. The van der Waals surface area contributed by atoms with Crippen LogP contribution in [0.3, 0.4) is 0 Å². The number of nitrogens with two attached hydrogens (primary N) is 1. The normalized spacial score (nSPS) is 10.5. The van der Waals surface area contributed by atoms with E-state index in [-0.39, 0.29) is 27.8 Å². The number of esters is 1. The minimum Gasteiger partial charge on any atom is -0.484 e. The Labute approximate surface area is 184 Å². The Balaban J connectivity index is 1.76. The van der Waals surface area contributed by atoms with Gasteiger partial charge >= 0.3 is 5.97 Å². The van der Waals surface area contributed by atoms with Gasteiger partial charge in [-0.3, -0.25) is 9.59 Å². The summed E-state index contributed by atoms with van der Waals surface area (Å²) in [5, 5.41) is 2.74. The number of carbonyl (C=O) groups is 3. The maximum absolute atomic E-state index is 12.6. The van der Waals surface area contributed by atoms with E-state index in [2.05, 4.69) is 21.2 Å². The summed E-state index contributed by atoms with van der Waals surface area (Å²) in [5.41, 5.74) is 5.77. The predicted octanol–water partition coefficient (Wildman–Crippen LogP) is 4.13. The molecule has 0 aliphatic heterocycles. The van der Waals surface area contributed by atoms with Crippen molar-refractivity contribution in [2.24, 2.45) is 5.73 Å². The fourth-order valence-electron chi connectivity index (χ4n) is 2.64. The van der Waals surface area contributed by atoms with Crippen LogP contribution in [0.15, 0.2) is 45.3 Å². The van der Waals surface area contributed by atoms with Crippen molar-refractivity contribution in [3.05, 3.63) is 68.4 Å². The standard InChI is InChI=1S/C20H17BrN2O6S/c1-10-15(20(26)27-2)19(30-16(10)17(22)24)23-18(25)14-8-7-11(29-14)9-28-13-6-4-3-5-12(13)21/h3-8H,9H2,1-2H3,(H2,22,24)(H,23,25). The number of amides is 2. The summed E-state index contributed by atoms with van der Waals surface area (Å²) < 4.78 is 16.7. The fourth-order valence-corrected chi connectivity index (χ4v) is 4.08. The lowest BCUT2D eigenvalue weighted by molar-refractivity contribution is 0.0601. The van der Waals surface area contributed by atoms with Crippen molar-refractivity contribution >= 4 is 50.1 Å². The number of carbonyl (C=O) groups excluding carboxylic acids is 3. The Morgan fingerprint density at radius 2 is 1.93 bits per heavy atom. The molecule has 0 bridgehead atoms. The zero-order valence-electron chi connectivity index (χ0n) is 16.0. The largest absolute Gasteiger partial charge is 0.484 e. The molecule has 3 aromatic rings. The summed E-state index contributed by atoms with van der Waals surface area (Å²) in [6.07, 6.45) is 0. The van der Waals surface area contributed by atoms with Crippen LogP contribution in [0.5, 0.6) is 5.75 Å². The SMILES string of the molecule is COC(=O)c1c(NC(=O)c2ccc(COc3ccccc3Br)o2)sc(C(N)=O)c1C. The third-order valence-electron chi connectivity index (χ3n) is 4.08. The second-order valence-corrected chi connectivity index (χ2v) is 7.93. The molecule has 156 valence electrons. The first kappa shape index (κ1) is 21.6. The maximum Gasteiger partial charge on any atom is 0.341 e. The average Bonchev–Trinajstić information content (AvgIpc) is 3.31. The second-order valence-electron chi connectivity index (χ2n) is 6.06. The summed E-state index contributed by atoms with van der Waals surface area (Å²) in [6, 6.07) is 10.4. The van der Waals surface area contributed by atoms with Gasteiger partial charge in [-0.05, 0) is 52.7 Å². The van der Waals surface area contributed by atoms with Gasteiger partial charge in [-0.25, -0.2) is 4.79 Å². The van der Waals surface area contributed by atoms with Crippen LogP contribution in [-0.4, -0.2) is 24.9 Å². The number of ether oxygens (including phenoxy) is 2. The van der Waals surface area contributed by atoms with Crippen molar-refractivity contribution in [3.8, 4) is 5.75 Å². The Bertz CT molecular complexity index is 1120. The number of para-hydroxylation sites is 1. The van der Waals surface area contributed by atoms with Crippen molar-refractivity contribution in [1.29, 1.82) is 0 Å². The number of primary amides is 1. The first-order chi connectivity index (χ1) is 14.3. The second kappa shape index (κ2) is 9.14. The summed E-state index contributed by atoms with van der Waals surface area (Å²) in [6.45, 7) is 1.68. The van der Waals surface area contributed by atoms with Crippen molar-refractivity contribution in [2.75, 3.05) is 12.4 Å². The van der Waals surface area contributed by atoms with E-state index in [0.717, 1.165) is 15.8 Å². The lowest BCUT2D eigenvalue weighted by Crippen LogP contribution is -2.14. The molecule has 2 heterocycles. The molecule has 0 radical (unpaired) electrons. The van der Waals surface area contributed by atoms with E-state index >= 15 is 0 Å². The number of halogens is 1. The van der Waals surface area contributed by atoms with Gasteiger partial charge in [-0.2, -0.15) is 0 Å². The number of anilines is 1. The fraction of sp³-hybridized carbons (Fsp3) is 0.150. The quantitative estimate of drug-likeness (QED) is 0.478. The first-order valence-corrected chi connectivity index (χ1v) is 10.2. The molecule has 8 nitrogen and oxygen atoms in total. The smallest absolute Gasteiger partial charge is 0.341 e. The molecule has 30 heavy (non-hydrogen) atoms. The molecule has 3 rings (SSSR count). The molecule has 0 saturated heterocycles. The lowest BCUT2D eigenvalue weighted by Gasteiger charge is -2.06. The van der Waals surface area contributed by atoms with Crippen LogP contribution < -0.4 is 15.8 Å². The number of thiophene rings is 1. The van der Waals surface area contributed by atoms with Crippen LogP contribution in [0, 0.1) is 6.92 Å². The van der Waals surface area contributed by atoms with Crippen LogP contribution in [-0.2, 0) is 11.3 Å². The van der Waals surface area contributed by atoms with Gasteiger partial charge in [-0.15, -0.1) is 11.3 Å². The Morgan fingerprint density at radius 1 is 1.20 bits per heavy atom. The van der Waals surface area contributed by atoms with E-state index in [1.54, 1.807) is 19.1 Å². The molecule has 2 amide bonds. The minimum atomic E-state index is -0.701. The summed E-state index contributed by atoms with van der Waals surface area (Å²) in [5.74, 6) is -0.895. The van der Waals surface area contributed by atoms with E-state index in [0.29, 0.717) is 17.1 Å². The van der Waals surface area contributed by atoms with Gasteiger partial charge in [0.25, 0.3) is 11.8 Å². The molecule has 3 N–H and O–H groups in total. The van der Waals surface area contributed by atoms with E-state index in [1.807, 2.05) is 18.2 Å². The van der Waals surface area contributed by atoms with Gasteiger partial charge < -0.3 is 24.9 Å². The molecular weight excluding hydrogens is 476 g/mol. The maximum atomic E-state index is 12.6. The number of rotatable bonds is 7. The highest BCUT2D eigenvalue weighted by atomic mass is 79.9. The number of benzene rings is 1. The van der Waals surface area contributed by atoms with Crippen LogP contribution in [0.25, 0.3) is 0 Å².